The second-order valence-corrected chi connectivity index (χ2v) is 4.28. The number of rotatable bonds is 3. The molecule has 0 radical (unpaired) electrons. The van der Waals surface area contributed by atoms with Gasteiger partial charge in [-0.05, 0) is 30.7 Å². The Bertz CT molecular complexity index is 613. The highest BCUT2D eigenvalue weighted by molar-refractivity contribution is 6.29. The van der Waals surface area contributed by atoms with Crippen molar-refractivity contribution >= 4 is 17.6 Å². The number of ether oxygens (including phenoxy) is 2. The molecule has 4 nitrogen and oxygen atoms in total. The normalized spacial score (nSPS) is 10.1. The molecule has 98 valence electrons. The first-order valence-electron chi connectivity index (χ1n) is 5.58. The molecule has 0 aliphatic heterocycles. The summed E-state index contributed by atoms with van der Waals surface area (Å²) in [5, 5.41) is 0.347. The van der Waals surface area contributed by atoms with E-state index in [1.165, 1.54) is 7.11 Å². The van der Waals surface area contributed by atoms with Gasteiger partial charge < -0.3 is 9.47 Å². The van der Waals surface area contributed by atoms with Gasteiger partial charge in [0.15, 0.2) is 0 Å². The summed E-state index contributed by atoms with van der Waals surface area (Å²) >= 11 is 5.79. The van der Waals surface area contributed by atoms with Crippen LogP contribution < -0.4 is 4.74 Å². The molecule has 0 unspecified atom stereocenters. The maximum absolute atomic E-state index is 11.5. The molecule has 2 aromatic rings. The zero-order valence-corrected chi connectivity index (χ0v) is 11.3. The standard InChI is InChI=1S/C14H12ClNO3/c1-9-3-4-10(14(17)18-2)7-12(9)19-11-5-6-16-13(15)8-11/h3-8H,1-2H3. The highest BCUT2D eigenvalue weighted by Gasteiger charge is 2.09. The third kappa shape index (κ3) is 3.23. The van der Waals surface area contributed by atoms with E-state index in [1.54, 1.807) is 36.5 Å². The van der Waals surface area contributed by atoms with E-state index >= 15 is 0 Å². The topological polar surface area (TPSA) is 48.4 Å². The smallest absolute Gasteiger partial charge is 0.337 e. The zero-order chi connectivity index (χ0) is 13.8. The molecular weight excluding hydrogens is 266 g/mol. The summed E-state index contributed by atoms with van der Waals surface area (Å²) in [4.78, 5) is 15.3. The SMILES string of the molecule is COC(=O)c1ccc(C)c(Oc2ccnc(Cl)c2)c1. The molecule has 0 atom stereocenters. The van der Waals surface area contributed by atoms with Crippen LogP contribution in [0.2, 0.25) is 5.15 Å². The zero-order valence-electron chi connectivity index (χ0n) is 10.5. The van der Waals surface area contributed by atoms with Crippen molar-refractivity contribution in [2.45, 2.75) is 6.92 Å². The van der Waals surface area contributed by atoms with Crippen molar-refractivity contribution < 1.29 is 14.3 Å². The lowest BCUT2D eigenvalue weighted by Crippen LogP contribution is -2.01. The molecule has 0 saturated heterocycles. The summed E-state index contributed by atoms with van der Waals surface area (Å²) < 4.78 is 10.4. The Kier molecular flexibility index (Phi) is 4.02. The van der Waals surface area contributed by atoms with Crippen molar-refractivity contribution in [3.8, 4) is 11.5 Å². The number of hydrogen-bond donors (Lipinski definition) is 0. The van der Waals surface area contributed by atoms with Crippen LogP contribution in [0.4, 0.5) is 0 Å². The lowest BCUT2D eigenvalue weighted by Gasteiger charge is -2.10. The Labute approximate surface area is 115 Å². The number of carbonyl (C=O) groups is 1. The van der Waals surface area contributed by atoms with Gasteiger partial charge >= 0.3 is 5.97 Å². The summed E-state index contributed by atoms with van der Waals surface area (Å²) in [6.45, 7) is 1.89. The van der Waals surface area contributed by atoms with Crippen LogP contribution >= 0.6 is 11.6 Å². The Morgan fingerprint density at radius 1 is 1.26 bits per heavy atom. The molecule has 19 heavy (non-hydrogen) atoms. The van der Waals surface area contributed by atoms with Gasteiger partial charge in [-0.2, -0.15) is 0 Å². The molecule has 0 fully saturated rings. The van der Waals surface area contributed by atoms with Crippen LogP contribution in [0.25, 0.3) is 0 Å². The monoisotopic (exact) mass is 277 g/mol. The molecule has 0 spiro atoms. The second-order valence-electron chi connectivity index (χ2n) is 3.89. The van der Waals surface area contributed by atoms with Crippen molar-refractivity contribution in [1.82, 2.24) is 4.98 Å². The van der Waals surface area contributed by atoms with Gasteiger partial charge in [0.2, 0.25) is 0 Å². The number of methoxy groups -OCH3 is 1. The van der Waals surface area contributed by atoms with Gasteiger partial charge in [0.25, 0.3) is 0 Å². The third-order valence-electron chi connectivity index (χ3n) is 2.54. The summed E-state index contributed by atoms with van der Waals surface area (Å²) in [7, 11) is 1.34. The summed E-state index contributed by atoms with van der Waals surface area (Å²) in [5.41, 5.74) is 1.34. The number of aromatic nitrogens is 1. The largest absolute Gasteiger partial charge is 0.465 e. The number of nitrogens with zero attached hydrogens (tertiary/aromatic N) is 1. The van der Waals surface area contributed by atoms with Crippen LogP contribution in [-0.4, -0.2) is 18.1 Å². The number of halogens is 1. The first-order chi connectivity index (χ1) is 9.10. The Morgan fingerprint density at radius 3 is 2.74 bits per heavy atom. The maximum atomic E-state index is 11.5. The quantitative estimate of drug-likeness (QED) is 0.635. The van der Waals surface area contributed by atoms with E-state index < -0.39 is 5.97 Å². The minimum Gasteiger partial charge on any atom is -0.465 e. The molecule has 0 bridgehead atoms. The molecular formula is C14H12ClNO3. The van der Waals surface area contributed by atoms with Gasteiger partial charge in [0, 0.05) is 12.3 Å². The fourth-order valence-electron chi connectivity index (χ4n) is 1.53. The number of hydrogen-bond acceptors (Lipinski definition) is 4. The highest BCUT2D eigenvalue weighted by Crippen LogP contribution is 2.27. The average Bonchev–Trinajstić information content (AvgIpc) is 2.40. The fourth-order valence-corrected chi connectivity index (χ4v) is 1.69. The highest BCUT2D eigenvalue weighted by atomic mass is 35.5. The van der Waals surface area contributed by atoms with E-state index in [1.807, 2.05) is 6.92 Å². The fraction of sp³-hybridized carbons (Fsp3) is 0.143. The summed E-state index contributed by atoms with van der Waals surface area (Å²) in [6, 6.07) is 8.41. The third-order valence-corrected chi connectivity index (χ3v) is 2.74. The second kappa shape index (κ2) is 5.71. The molecule has 0 aliphatic carbocycles. The molecule has 0 aliphatic rings. The summed E-state index contributed by atoms with van der Waals surface area (Å²) in [5.74, 6) is 0.730. The van der Waals surface area contributed by atoms with Crippen LogP contribution in [-0.2, 0) is 4.74 Å². The van der Waals surface area contributed by atoms with Crippen LogP contribution in [0, 0.1) is 6.92 Å². The van der Waals surface area contributed by atoms with E-state index in [-0.39, 0.29) is 0 Å². The number of esters is 1. The average molecular weight is 278 g/mol. The van der Waals surface area contributed by atoms with Crippen LogP contribution in [0.1, 0.15) is 15.9 Å². The molecule has 1 aromatic heterocycles. The van der Waals surface area contributed by atoms with Crippen LogP contribution in [0.5, 0.6) is 11.5 Å². The van der Waals surface area contributed by atoms with E-state index in [2.05, 4.69) is 9.72 Å². The van der Waals surface area contributed by atoms with Crippen molar-refractivity contribution in [3.05, 3.63) is 52.8 Å². The number of aryl methyl sites for hydroxylation is 1. The van der Waals surface area contributed by atoms with Crippen molar-refractivity contribution in [2.24, 2.45) is 0 Å². The van der Waals surface area contributed by atoms with E-state index in [4.69, 9.17) is 16.3 Å². The van der Waals surface area contributed by atoms with Crippen LogP contribution in [0.3, 0.4) is 0 Å². The van der Waals surface area contributed by atoms with Gasteiger partial charge in [0.1, 0.15) is 16.7 Å². The Morgan fingerprint density at radius 2 is 2.05 bits per heavy atom. The predicted octanol–water partition coefficient (Wildman–Crippen LogP) is 3.62. The van der Waals surface area contributed by atoms with E-state index in [0.29, 0.717) is 22.2 Å². The number of benzene rings is 1. The lowest BCUT2D eigenvalue weighted by atomic mass is 10.1. The maximum Gasteiger partial charge on any atom is 0.337 e. The lowest BCUT2D eigenvalue weighted by molar-refractivity contribution is 0.0600. The van der Waals surface area contributed by atoms with Crippen molar-refractivity contribution in [1.29, 1.82) is 0 Å². The predicted molar refractivity (Wildman–Crippen MR) is 71.8 cm³/mol. The molecule has 5 heteroatoms. The molecule has 0 amide bonds. The van der Waals surface area contributed by atoms with E-state index in [0.717, 1.165) is 5.56 Å². The minimum absolute atomic E-state index is 0.347. The first kappa shape index (κ1) is 13.4. The van der Waals surface area contributed by atoms with Gasteiger partial charge in [-0.15, -0.1) is 0 Å². The van der Waals surface area contributed by atoms with E-state index in [9.17, 15) is 4.79 Å². The van der Waals surface area contributed by atoms with Gasteiger partial charge in [-0.1, -0.05) is 17.7 Å². The molecule has 1 heterocycles. The Hall–Kier alpha value is -2.07. The molecule has 0 saturated carbocycles. The molecule has 1 aromatic carbocycles. The summed E-state index contributed by atoms with van der Waals surface area (Å²) in [6.07, 6.45) is 1.55. The minimum atomic E-state index is -0.405. The van der Waals surface area contributed by atoms with Crippen molar-refractivity contribution in [2.75, 3.05) is 7.11 Å². The Balaban J connectivity index is 2.31. The van der Waals surface area contributed by atoms with Crippen LogP contribution in [0.15, 0.2) is 36.5 Å². The number of pyridine rings is 1. The number of carbonyl (C=O) groups excluding carboxylic acids is 1. The molecule has 0 N–H and O–H groups in total. The van der Waals surface area contributed by atoms with Gasteiger partial charge in [-0.3, -0.25) is 0 Å². The van der Waals surface area contributed by atoms with Crippen molar-refractivity contribution in [3.63, 3.8) is 0 Å². The van der Waals surface area contributed by atoms with Gasteiger partial charge in [-0.25, -0.2) is 9.78 Å². The molecule has 2 rings (SSSR count). The van der Waals surface area contributed by atoms with Gasteiger partial charge in [0.05, 0.1) is 12.7 Å². The first-order valence-corrected chi connectivity index (χ1v) is 5.96.